The monoisotopic (exact) mass is 275 g/mol. The Kier molecular flexibility index (Phi) is 12.0. The van der Waals surface area contributed by atoms with Crippen LogP contribution in [0.15, 0.2) is 0 Å². The van der Waals surface area contributed by atoms with Crippen LogP contribution in [0.25, 0.3) is 0 Å². The molecule has 1 amide bonds. The summed E-state index contributed by atoms with van der Waals surface area (Å²) in [5, 5.41) is 2.73. The quantitative estimate of drug-likeness (QED) is 0.550. The summed E-state index contributed by atoms with van der Waals surface area (Å²) < 4.78 is 15.9. The Hall–Kier alpha value is -0.650. The average Bonchev–Trinajstić information content (AvgIpc) is 2.34. The van der Waals surface area contributed by atoms with Crippen LogP contribution in [0.2, 0.25) is 0 Å². The van der Waals surface area contributed by atoms with Crippen molar-refractivity contribution >= 4 is 5.91 Å². The van der Waals surface area contributed by atoms with E-state index in [-0.39, 0.29) is 18.6 Å². The molecule has 0 fully saturated rings. The molecule has 0 aliphatic carbocycles. The van der Waals surface area contributed by atoms with E-state index in [0.29, 0.717) is 32.3 Å². The molecule has 0 spiro atoms. The second kappa shape index (κ2) is 12.4. The van der Waals surface area contributed by atoms with Gasteiger partial charge in [0.15, 0.2) is 0 Å². The van der Waals surface area contributed by atoms with Crippen LogP contribution in [0.3, 0.4) is 0 Å². The summed E-state index contributed by atoms with van der Waals surface area (Å²) in [6.45, 7) is 11.2. The lowest BCUT2D eigenvalue weighted by Gasteiger charge is -2.09. The number of carbonyl (C=O) groups is 1. The van der Waals surface area contributed by atoms with E-state index in [0.717, 1.165) is 13.0 Å². The minimum Gasteiger partial charge on any atom is -0.379 e. The topological polar surface area (TPSA) is 56.8 Å². The van der Waals surface area contributed by atoms with Gasteiger partial charge in [-0.2, -0.15) is 0 Å². The first-order chi connectivity index (χ1) is 9.02. The molecule has 0 aliphatic heterocycles. The average molecular weight is 275 g/mol. The van der Waals surface area contributed by atoms with Gasteiger partial charge in [0.05, 0.1) is 25.9 Å². The molecule has 5 nitrogen and oxygen atoms in total. The molecule has 0 saturated heterocycles. The number of amides is 1. The van der Waals surface area contributed by atoms with E-state index in [4.69, 9.17) is 14.2 Å². The van der Waals surface area contributed by atoms with E-state index in [1.807, 2.05) is 13.8 Å². The normalized spacial score (nSPS) is 11.3. The van der Waals surface area contributed by atoms with Crippen molar-refractivity contribution in [1.29, 1.82) is 0 Å². The minimum atomic E-state index is -0.106. The maximum atomic E-state index is 11.3. The highest BCUT2D eigenvalue weighted by Gasteiger charge is 2.02. The van der Waals surface area contributed by atoms with E-state index in [1.165, 1.54) is 0 Å². The standard InChI is InChI=1S/C14H29NO4/c1-12(2)5-7-17-9-10-18-8-6-15-14(16)11-19-13(3)4/h12-13H,5-11H2,1-4H3,(H,15,16). The van der Waals surface area contributed by atoms with E-state index in [9.17, 15) is 4.79 Å². The van der Waals surface area contributed by atoms with Crippen LogP contribution in [-0.4, -0.2) is 51.6 Å². The molecule has 19 heavy (non-hydrogen) atoms. The zero-order valence-electron chi connectivity index (χ0n) is 12.7. The molecule has 0 aromatic carbocycles. The van der Waals surface area contributed by atoms with Crippen molar-refractivity contribution in [2.24, 2.45) is 5.92 Å². The van der Waals surface area contributed by atoms with Crippen molar-refractivity contribution in [2.45, 2.75) is 40.2 Å². The summed E-state index contributed by atoms with van der Waals surface area (Å²) in [5.74, 6) is 0.565. The van der Waals surface area contributed by atoms with Gasteiger partial charge < -0.3 is 19.5 Å². The number of ether oxygens (including phenoxy) is 3. The molecule has 0 saturated carbocycles. The Morgan fingerprint density at radius 2 is 1.63 bits per heavy atom. The zero-order chi connectivity index (χ0) is 14.5. The highest BCUT2D eigenvalue weighted by Crippen LogP contribution is 1.98. The van der Waals surface area contributed by atoms with E-state index in [1.54, 1.807) is 0 Å². The van der Waals surface area contributed by atoms with E-state index < -0.39 is 0 Å². The van der Waals surface area contributed by atoms with Crippen LogP contribution in [0.1, 0.15) is 34.1 Å². The third-order valence-corrected chi connectivity index (χ3v) is 2.33. The summed E-state index contributed by atoms with van der Waals surface area (Å²) in [4.78, 5) is 11.3. The molecular weight excluding hydrogens is 246 g/mol. The number of carbonyl (C=O) groups excluding carboxylic acids is 1. The maximum absolute atomic E-state index is 11.3. The fourth-order valence-electron chi connectivity index (χ4n) is 1.20. The molecule has 0 radical (unpaired) electrons. The molecule has 0 aromatic rings. The summed E-state index contributed by atoms with van der Waals surface area (Å²) >= 11 is 0. The van der Waals surface area contributed by atoms with Gasteiger partial charge in [0.2, 0.25) is 5.91 Å². The van der Waals surface area contributed by atoms with Crippen LogP contribution in [0.5, 0.6) is 0 Å². The van der Waals surface area contributed by atoms with Crippen molar-refractivity contribution in [2.75, 3.05) is 39.6 Å². The molecule has 0 rings (SSSR count). The van der Waals surface area contributed by atoms with Crippen molar-refractivity contribution in [3.63, 3.8) is 0 Å². The Morgan fingerprint density at radius 1 is 1.00 bits per heavy atom. The number of nitrogens with one attached hydrogen (secondary N) is 1. The molecular formula is C14H29NO4. The predicted molar refractivity (Wildman–Crippen MR) is 75.2 cm³/mol. The van der Waals surface area contributed by atoms with E-state index in [2.05, 4.69) is 19.2 Å². The largest absolute Gasteiger partial charge is 0.379 e. The predicted octanol–water partition coefficient (Wildman–Crippen LogP) is 1.61. The van der Waals surface area contributed by atoms with Gasteiger partial charge in [-0.15, -0.1) is 0 Å². The van der Waals surface area contributed by atoms with Gasteiger partial charge in [-0.3, -0.25) is 4.79 Å². The molecule has 0 bridgehead atoms. The second-order valence-corrected chi connectivity index (χ2v) is 5.12. The third kappa shape index (κ3) is 15.3. The van der Waals surface area contributed by atoms with Gasteiger partial charge in [-0.1, -0.05) is 13.8 Å². The molecule has 0 heterocycles. The smallest absolute Gasteiger partial charge is 0.246 e. The van der Waals surface area contributed by atoms with Gasteiger partial charge in [0.25, 0.3) is 0 Å². The lowest BCUT2D eigenvalue weighted by molar-refractivity contribution is -0.127. The van der Waals surface area contributed by atoms with Gasteiger partial charge in [0.1, 0.15) is 6.61 Å². The van der Waals surface area contributed by atoms with Crippen molar-refractivity contribution in [1.82, 2.24) is 5.32 Å². The van der Waals surface area contributed by atoms with E-state index >= 15 is 0 Å². The summed E-state index contributed by atoms with van der Waals surface area (Å²) in [6, 6.07) is 0. The summed E-state index contributed by atoms with van der Waals surface area (Å²) in [6.07, 6.45) is 1.15. The zero-order valence-corrected chi connectivity index (χ0v) is 12.7. The lowest BCUT2D eigenvalue weighted by Crippen LogP contribution is -2.31. The Labute approximate surface area is 117 Å². The molecule has 0 unspecified atom stereocenters. The van der Waals surface area contributed by atoms with Crippen LogP contribution in [0, 0.1) is 5.92 Å². The summed E-state index contributed by atoms with van der Waals surface area (Å²) in [5.41, 5.74) is 0. The third-order valence-electron chi connectivity index (χ3n) is 2.33. The molecule has 1 N–H and O–H groups in total. The van der Waals surface area contributed by atoms with Crippen molar-refractivity contribution in [3.05, 3.63) is 0 Å². The first-order valence-corrected chi connectivity index (χ1v) is 7.06. The van der Waals surface area contributed by atoms with Gasteiger partial charge in [0, 0.05) is 13.2 Å². The number of hydrogen-bond acceptors (Lipinski definition) is 4. The Balaban J connectivity index is 3.16. The first kappa shape index (κ1) is 18.4. The molecule has 0 aromatic heterocycles. The SMILES string of the molecule is CC(C)CCOCCOCCNC(=O)COC(C)C. The van der Waals surface area contributed by atoms with Crippen molar-refractivity contribution < 1.29 is 19.0 Å². The molecule has 5 heteroatoms. The van der Waals surface area contributed by atoms with Crippen LogP contribution in [-0.2, 0) is 19.0 Å². The maximum Gasteiger partial charge on any atom is 0.246 e. The van der Waals surface area contributed by atoms with Crippen LogP contribution in [0.4, 0.5) is 0 Å². The van der Waals surface area contributed by atoms with Gasteiger partial charge in [-0.25, -0.2) is 0 Å². The fraction of sp³-hybridized carbons (Fsp3) is 0.929. The Bertz CT molecular complexity index is 219. The number of hydrogen-bond donors (Lipinski definition) is 1. The second-order valence-electron chi connectivity index (χ2n) is 5.12. The molecule has 0 atom stereocenters. The lowest BCUT2D eigenvalue weighted by atomic mass is 10.1. The molecule has 114 valence electrons. The van der Waals surface area contributed by atoms with Crippen LogP contribution >= 0.6 is 0 Å². The van der Waals surface area contributed by atoms with Crippen LogP contribution < -0.4 is 5.32 Å². The highest BCUT2D eigenvalue weighted by atomic mass is 16.5. The highest BCUT2D eigenvalue weighted by molar-refractivity contribution is 5.77. The summed E-state index contributed by atoms with van der Waals surface area (Å²) in [7, 11) is 0. The number of rotatable bonds is 12. The van der Waals surface area contributed by atoms with Crippen molar-refractivity contribution in [3.8, 4) is 0 Å². The van der Waals surface area contributed by atoms with Gasteiger partial charge in [-0.05, 0) is 26.2 Å². The van der Waals surface area contributed by atoms with Gasteiger partial charge >= 0.3 is 0 Å². The first-order valence-electron chi connectivity index (χ1n) is 7.06. The molecule has 0 aliphatic rings. The fourth-order valence-corrected chi connectivity index (χ4v) is 1.20. The Morgan fingerprint density at radius 3 is 2.21 bits per heavy atom. The minimum absolute atomic E-state index is 0.0741.